The first-order valence-corrected chi connectivity index (χ1v) is 3.98. The maximum atomic E-state index is 10.4. The molecule has 2 heteroatoms. The molecule has 1 heterocycles. The third-order valence-electron chi connectivity index (χ3n) is 2.01. The van der Waals surface area contributed by atoms with Gasteiger partial charge in [0, 0.05) is 12.5 Å². The Labute approximate surface area is 67.0 Å². The lowest BCUT2D eigenvalue weighted by Crippen LogP contribution is -2.27. The summed E-state index contributed by atoms with van der Waals surface area (Å²) in [6, 6.07) is 0. The van der Waals surface area contributed by atoms with Crippen molar-refractivity contribution in [3.63, 3.8) is 0 Å². The van der Waals surface area contributed by atoms with Gasteiger partial charge >= 0.3 is 0 Å². The number of rotatable bonds is 2. The van der Waals surface area contributed by atoms with E-state index < -0.39 is 0 Å². The van der Waals surface area contributed by atoms with E-state index in [1.54, 1.807) is 0 Å². The summed E-state index contributed by atoms with van der Waals surface area (Å²) in [5.41, 5.74) is 0.733. The standard InChI is InChI=1S/C9H13NO/c1-2-4-8-5-3-6-10-9(8)7-11/h2,8,10H,1,3-6H2. The largest absolute Gasteiger partial charge is 0.379 e. The predicted molar refractivity (Wildman–Crippen MR) is 44.7 cm³/mol. The van der Waals surface area contributed by atoms with Crippen molar-refractivity contribution in [3.05, 3.63) is 18.4 Å². The second kappa shape index (κ2) is 3.99. The van der Waals surface area contributed by atoms with Crippen molar-refractivity contribution in [1.29, 1.82) is 0 Å². The first-order valence-electron chi connectivity index (χ1n) is 3.98. The normalized spacial score (nSPS) is 23.6. The van der Waals surface area contributed by atoms with Crippen LogP contribution in [0.3, 0.4) is 0 Å². The van der Waals surface area contributed by atoms with Gasteiger partial charge in [-0.1, -0.05) is 6.08 Å². The SMILES string of the molecule is C=CCC1CCCNC1=C=O. The van der Waals surface area contributed by atoms with Crippen LogP contribution >= 0.6 is 0 Å². The second-order valence-electron chi connectivity index (χ2n) is 2.81. The van der Waals surface area contributed by atoms with Gasteiger partial charge in [0.25, 0.3) is 0 Å². The van der Waals surface area contributed by atoms with E-state index in [1.165, 1.54) is 0 Å². The number of piperidine rings is 1. The Morgan fingerprint density at radius 3 is 3.27 bits per heavy atom. The highest BCUT2D eigenvalue weighted by Crippen LogP contribution is 2.20. The van der Waals surface area contributed by atoms with Crippen molar-refractivity contribution in [2.75, 3.05) is 6.54 Å². The lowest BCUT2D eigenvalue weighted by atomic mass is 9.93. The van der Waals surface area contributed by atoms with Crippen LogP contribution in [-0.2, 0) is 4.79 Å². The minimum atomic E-state index is 0.346. The second-order valence-corrected chi connectivity index (χ2v) is 2.81. The zero-order valence-corrected chi connectivity index (χ0v) is 6.60. The summed E-state index contributed by atoms with van der Waals surface area (Å²) in [7, 11) is 0. The lowest BCUT2D eigenvalue weighted by molar-refractivity contribution is 0.446. The smallest absolute Gasteiger partial charge is 0.145 e. The molecule has 0 aromatic carbocycles. The summed E-state index contributed by atoms with van der Waals surface area (Å²) in [4.78, 5) is 10.4. The monoisotopic (exact) mass is 151 g/mol. The van der Waals surface area contributed by atoms with E-state index in [4.69, 9.17) is 0 Å². The van der Waals surface area contributed by atoms with Crippen LogP contribution in [0.1, 0.15) is 19.3 Å². The molecular weight excluding hydrogens is 138 g/mol. The Balaban J connectivity index is 2.58. The Hall–Kier alpha value is -1.01. The zero-order chi connectivity index (χ0) is 8.10. The van der Waals surface area contributed by atoms with Crippen molar-refractivity contribution in [3.8, 4) is 0 Å². The quantitative estimate of drug-likeness (QED) is 0.476. The van der Waals surface area contributed by atoms with Crippen molar-refractivity contribution < 1.29 is 4.79 Å². The first-order chi connectivity index (χ1) is 5.38. The molecule has 0 saturated carbocycles. The van der Waals surface area contributed by atoms with Gasteiger partial charge in [0.2, 0.25) is 0 Å². The summed E-state index contributed by atoms with van der Waals surface area (Å²) in [6.45, 7) is 4.57. The van der Waals surface area contributed by atoms with Crippen LogP contribution in [0.15, 0.2) is 18.4 Å². The summed E-state index contributed by atoms with van der Waals surface area (Å²) in [5.74, 6) is 2.29. The molecule has 1 aliphatic heterocycles. The molecule has 0 amide bonds. The van der Waals surface area contributed by atoms with Gasteiger partial charge in [-0.15, -0.1) is 6.58 Å². The average Bonchev–Trinajstić information content (AvgIpc) is 2.06. The van der Waals surface area contributed by atoms with Crippen molar-refractivity contribution in [1.82, 2.24) is 5.32 Å². The maximum absolute atomic E-state index is 10.4. The molecular formula is C9H13NO. The summed E-state index contributed by atoms with van der Waals surface area (Å²) in [5, 5.41) is 3.05. The molecule has 1 N–H and O–H groups in total. The van der Waals surface area contributed by atoms with Crippen LogP contribution in [0.2, 0.25) is 0 Å². The Morgan fingerprint density at radius 2 is 2.64 bits per heavy atom. The molecule has 1 saturated heterocycles. The van der Waals surface area contributed by atoms with E-state index >= 15 is 0 Å². The fourth-order valence-electron chi connectivity index (χ4n) is 1.42. The topological polar surface area (TPSA) is 29.1 Å². The van der Waals surface area contributed by atoms with E-state index in [0.29, 0.717) is 5.92 Å². The molecule has 0 aromatic rings. The highest BCUT2D eigenvalue weighted by Gasteiger charge is 2.17. The molecule has 0 aromatic heterocycles. The van der Waals surface area contributed by atoms with Gasteiger partial charge in [-0.25, -0.2) is 4.79 Å². The Kier molecular flexibility index (Phi) is 2.94. The Bertz CT molecular complexity index is 192. The van der Waals surface area contributed by atoms with E-state index in [-0.39, 0.29) is 0 Å². The summed E-state index contributed by atoms with van der Waals surface area (Å²) < 4.78 is 0. The predicted octanol–water partition coefficient (Wildman–Crippen LogP) is 1.28. The molecule has 1 fully saturated rings. The van der Waals surface area contributed by atoms with Gasteiger partial charge in [-0.05, 0) is 19.3 Å². The van der Waals surface area contributed by atoms with Gasteiger partial charge in [0.1, 0.15) is 5.94 Å². The van der Waals surface area contributed by atoms with Crippen LogP contribution in [-0.4, -0.2) is 12.5 Å². The molecule has 1 rings (SSSR count). The van der Waals surface area contributed by atoms with Crippen molar-refractivity contribution in [2.24, 2.45) is 5.92 Å². The maximum Gasteiger partial charge on any atom is 0.145 e. The molecule has 60 valence electrons. The fraction of sp³-hybridized carbons (Fsp3) is 0.556. The van der Waals surface area contributed by atoms with Gasteiger partial charge in [-0.2, -0.15) is 0 Å². The number of nitrogens with one attached hydrogen (secondary N) is 1. The molecule has 1 aliphatic rings. The van der Waals surface area contributed by atoms with E-state index in [1.807, 2.05) is 12.0 Å². The van der Waals surface area contributed by atoms with Gasteiger partial charge in [-0.3, -0.25) is 0 Å². The number of carbonyl (C=O) groups excluding carboxylic acids is 1. The molecule has 0 bridgehead atoms. The molecule has 1 unspecified atom stereocenters. The van der Waals surface area contributed by atoms with Crippen LogP contribution in [0, 0.1) is 5.92 Å². The van der Waals surface area contributed by atoms with Crippen molar-refractivity contribution >= 4 is 5.94 Å². The van der Waals surface area contributed by atoms with E-state index in [0.717, 1.165) is 31.5 Å². The fourth-order valence-corrected chi connectivity index (χ4v) is 1.42. The summed E-state index contributed by atoms with van der Waals surface area (Å²) in [6.07, 6.45) is 4.97. The van der Waals surface area contributed by atoms with Crippen molar-refractivity contribution in [2.45, 2.75) is 19.3 Å². The third-order valence-corrected chi connectivity index (χ3v) is 2.01. The highest BCUT2D eigenvalue weighted by atomic mass is 16.1. The lowest BCUT2D eigenvalue weighted by Gasteiger charge is -2.22. The molecule has 0 radical (unpaired) electrons. The molecule has 0 spiro atoms. The molecule has 0 aliphatic carbocycles. The highest BCUT2D eigenvalue weighted by molar-refractivity contribution is 5.52. The van der Waals surface area contributed by atoms with Crippen LogP contribution in [0.4, 0.5) is 0 Å². The number of hydrogen-bond acceptors (Lipinski definition) is 2. The zero-order valence-electron chi connectivity index (χ0n) is 6.60. The molecule has 1 atom stereocenters. The minimum Gasteiger partial charge on any atom is -0.379 e. The summed E-state index contributed by atoms with van der Waals surface area (Å²) >= 11 is 0. The first kappa shape index (κ1) is 8.09. The van der Waals surface area contributed by atoms with Crippen LogP contribution in [0.25, 0.3) is 0 Å². The Morgan fingerprint density at radius 1 is 1.82 bits per heavy atom. The van der Waals surface area contributed by atoms with Gasteiger partial charge in [0.15, 0.2) is 0 Å². The van der Waals surface area contributed by atoms with Crippen LogP contribution < -0.4 is 5.32 Å². The molecule has 11 heavy (non-hydrogen) atoms. The number of hydrogen-bond donors (Lipinski definition) is 1. The van der Waals surface area contributed by atoms with E-state index in [2.05, 4.69) is 11.9 Å². The van der Waals surface area contributed by atoms with E-state index in [9.17, 15) is 4.79 Å². The van der Waals surface area contributed by atoms with Crippen LogP contribution in [0.5, 0.6) is 0 Å². The minimum absolute atomic E-state index is 0.346. The third kappa shape index (κ3) is 1.95. The average molecular weight is 151 g/mol. The van der Waals surface area contributed by atoms with Gasteiger partial charge in [0.05, 0.1) is 5.70 Å². The van der Waals surface area contributed by atoms with Gasteiger partial charge < -0.3 is 5.32 Å². The molecule has 2 nitrogen and oxygen atoms in total. The number of allylic oxidation sites excluding steroid dienone is 2.